The van der Waals surface area contributed by atoms with Gasteiger partial charge < -0.3 is 10.1 Å². The van der Waals surface area contributed by atoms with Gasteiger partial charge in [0.1, 0.15) is 11.6 Å². The van der Waals surface area contributed by atoms with E-state index in [0.717, 1.165) is 16.9 Å². The maximum Gasteiger partial charge on any atom is 0.220 e. The summed E-state index contributed by atoms with van der Waals surface area (Å²) in [5.41, 5.74) is 1.71. The molecule has 0 unspecified atom stereocenters. The minimum atomic E-state index is -0.103. The van der Waals surface area contributed by atoms with E-state index in [2.05, 4.69) is 20.5 Å². The zero-order valence-corrected chi connectivity index (χ0v) is 16.1. The molecule has 1 heterocycles. The first-order valence-corrected chi connectivity index (χ1v) is 9.07. The molecular weight excluding hydrogens is 387 g/mol. The van der Waals surface area contributed by atoms with Crippen LogP contribution in [-0.2, 0) is 17.8 Å². The topological polar surface area (TPSA) is 79.9 Å². The van der Waals surface area contributed by atoms with Crippen LogP contribution in [0.4, 0.5) is 0 Å². The van der Waals surface area contributed by atoms with E-state index in [9.17, 15) is 4.79 Å². The highest BCUT2D eigenvalue weighted by Gasteiger charge is 2.10. The first-order valence-electron chi connectivity index (χ1n) is 8.32. The molecule has 0 aliphatic rings. The molecular formula is C19H18Cl2N4O2. The van der Waals surface area contributed by atoms with Gasteiger partial charge in [0, 0.05) is 12.0 Å². The normalized spacial score (nSPS) is 10.6. The lowest BCUT2D eigenvalue weighted by molar-refractivity contribution is -0.121. The number of benzene rings is 2. The van der Waals surface area contributed by atoms with Crippen LogP contribution in [0.5, 0.6) is 5.75 Å². The first kappa shape index (κ1) is 19.2. The number of carbonyl (C=O) groups excluding carboxylic acids is 1. The van der Waals surface area contributed by atoms with Gasteiger partial charge in [0.15, 0.2) is 5.82 Å². The third kappa shape index (κ3) is 4.99. The molecule has 0 saturated carbocycles. The summed E-state index contributed by atoms with van der Waals surface area (Å²) in [6, 6.07) is 12.8. The third-order valence-corrected chi connectivity index (χ3v) is 4.84. The molecule has 140 valence electrons. The van der Waals surface area contributed by atoms with Crippen molar-refractivity contribution in [3.8, 4) is 17.1 Å². The second-order valence-electron chi connectivity index (χ2n) is 5.82. The number of carbonyl (C=O) groups is 1. The van der Waals surface area contributed by atoms with E-state index >= 15 is 0 Å². The first-order chi connectivity index (χ1) is 13.1. The van der Waals surface area contributed by atoms with E-state index in [0.29, 0.717) is 34.5 Å². The van der Waals surface area contributed by atoms with Gasteiger partial charge in [-0.05, 0) is 42.3 Å². The minimum absolute atomic E-state index is 0.103. The summed E-state index contributed by atoms with van der Waals surface area (Å²) >= 11 is 12.1. The molecule has 3 rings (SSSR count). The van der Waals surface area contributed by atoms with Gasteiger partial charge in [-0.3, -0.25) is 9.89 Å². The van der Waals surface area contributed by atoms with Crippen LogP contribution in [0, 0.1) is 0 Å². The third-order valence-electron chi connectivity index (χ3n) is 3.99. The number of nitrogens with one attached hydrogen (secondary N) is 2. The molecule has 0 bridgehead atoms. The predicted molar refractivity (Wildman–Crippen MR) is 105 cm³/mol. The zero-order chi connectivity index (χ0) is 19.2. The van der Waals surface area contributed by atoms with Gasteiger partial charge in [0.2, 0.25) is 5.91 Å². The fourth-order valence-corrected chi connectivity index (χ4v) is 2.92. The van der Waals surface area contributed by atoms with Crippen molar-refractivity contribution in [2.75, 3.05) is 7.11 Å². The summed E-state index contributed by atoms with van der Waals surface area (Å²) in [6.07, 6.45) is 0.818. The molecule has 0 aliphatic heterocycles. The molecule has 0 radical (unpaired) electrons. The van der Waals surface area contributed by atoms with Gasteiger partial charge in [0.25, 0.3) is 0 Å². The number of aromatic amines is 1. The molecule has 1 aromatic heterocycles. The Morgan fingerprint density at radius 2 is 1.96 bits per heavy atom. The molecule has 0 atom stereocenters. The Morgan fingerprint density at radius 3 is 2.70 bits per heavy atom. The van der Waals surface area contributed by atoms with Crippen molar-refractivity contribution in [1.29, 1.82) is 0 Å². The van der Waals surface area contributed by atoms with Gasteiger partial charge in [-0.2, -0.15) is 5.10 Å². The summed E-state index contributed by atoms with van der Waals surface area (Å²) < 4.78 is 5.13. The number of amides is 1. The number of hydrogen-bond acceptors (Lipinski definition) is 4. The van der Waals surface area contributed by atoms with Gasteiger partial charge in [-0.25, -0.2) is 4.98 Å². The van der Waals surface area contributed by atoms with E-state index in [1.807, 2.05) is 36.4 Å². The second kappa shape index (κ2) is 8.88. The fourth-order valence-electron chi connectivity index (χ4n) is 2.50. The van der Waals surface area contributed by atoms with Gasteiger partial charge >= 0.3 is 0 Å². The summed E-state index contributed by atoms with van der Waals surface area (Å²) in [4.78, 5) is 16.5. The van der Waals surface area contributed by atoms with Gasteiger partial charge in [0.05, 0.1) is 23.7 Å². The number of rotatable bonds is 7. The highest BCUT2D eigenvalue weighted by Crippen LogP contribution is 2.26. The number of aryl methyl sites for hydroxylation is 1. The molecule has 2 aromatic carbocycles. The monoisotopic (exact) mass is 404 g/mol. The molecule has 0 fully saturated rings. The maximum absolute atomic E-state index is 12.1. The SMILES string of the molecule is COc1ccc(-c2n[nH]c(CNC(=O)CCc3cccc(Cl)c3Cl)n2)cc1. The number of H-pyrrole nitrogens is 1. The molecule has 3 aromatic rings. The standard InChI is InChI=1S/C19H18Cl2N4O2/c1-27-14-8-5-13(6-9-14)19-23-16(24-25-19)11-22-17(26)10-7-12-3-2-4-15(20)18(12)21/h2-6,8-9H,7,10-11H2,1H3,(H,22,26)(H,23,24,25). The lowest BCUT2D eigenvalue weighted by Gasteiger charge is -2.06. The minimum Gasteiger partial charge on any atom is -0.497 e. The molecule has 2 N–H and O–H groups in total. The molecule has 6 nitrogen and oxygen atoms in total. The fraction of sp³-hybridized carbons (Fsp3) is 0.211. The number of halogens is 2. The Morgan fingerprint density at radius 1 is 1.19 bits per heavy atom. The Kier molecular flexibility index (Phi) is 6.32. The van der Waals surface area contributed by atoms with Crippen molar-refractivity contribution in [1.82, 2.24) is 20.5 Å². The highest BCUT2D eigenvalue weighted by molar-refractivity contribution is 6.42. The number of aromatic nitrogens is 3. The lowest BCUT2D eigenvalue weighted by Crippen LogP contribution is -2.23. The van der Waals surface area contributed by atoms with Crippen molar-refractivity contribution in [3.63, 3.8) is 0 Å². The van der Waals surface area contributed by atoms with Crippen molar-refractivity contribution in [3.05, 3.63) is 63.9 Å². The quantitative estimate of drug-likeness (QED) is 0.622. The maximum atomic E-state index is 12.1. The molecule has 0 aliphatic carbocycles. The summed E-state index contributed by atoms with van der Waals surface area (Å²) in [6.45, 7) is 0.269. The molecule has 0 saturated heterocycles. The van der Waals surface area contributed by atoms with Gasteiger partial charge in [-0.1, -0.05) is 35.3 Å². The number of nitrogens with zero attached hydrogens (tertiary/aromatic N) is 2. The van der Waals surface area contributed by atoms with Crippen molar-refractivity contribution in [2.45, 2.75) is 19.4 Å². The smallest absolute Gasteiger partial charge is 0.220 e. The Hall–Kier alpha value is -2.57. The highest BCUT2D eigenvalue weighted by atomic mass is 35.5. The van der Waals surface area contributed by atoms with E-state index < -0.39 is 0 Å². The molecule has 0 spiro atoms. The zero-order valence-electron chi connectivity index (χ0n) is 14.6. The van der Waals surface area contributed by atoms with Crippen molar-refractivity contribution in [2.24, 2.45) is 0 Å². The van der Waals surface area contributed by atoms with E-state index in [-0.39, 0.29) is 12.5 Å². The Bertz CT molecular complexity index is 926. The summed E-state index contributed by atoms with van der Waals surface area (Å²) in [7, 11) is 1.61. The summed E-state index contributed by atoms with van der Waals surface area (Å²) in [5.74, 6) is 1.80. The van der Waals surface area contributed by atoms with Crippen LogP contribution >= 0.6 is 23.2 Å². The predicted octanol–water partition coefficient (Wildman–Crippen LogP) is 4.04. The van der Waals surface area contributed by atoms with Crippen LogP contribution in [0.2, 0.25) is 10.0 Å². The van der Waals surface area contributed by atoms with Crippen molar-refractivity contribution >= 4 is 29.1 Å². The van der Waals surface area contributed by atoms with Crippen LogP contribution in [0.25, 0.3) is 11.4 Å². The van der Waals surface area contributed by atoms with Gasteiger partial charge in [-0.15, -0.1) is 0 Å². The largest absolute Gasteiger partial charge is 0.497 e. The lowest BCUT2D eigenvalue weighted by atomic mass is 10.1. The number of ether oxygens (including phenoxy) is 1. The van der Waals surface area contributed by atoms with Crippen molar-refractivity contribution < 1.29 is 9.53 Å². The van der Waals surface area contributed by atoms with Crippen LogP contribution < -0.4 is 10.1 Å². The van der Waals surface area contributed by atoms with Crippen LogP contribution in [0.1, 0.15) is 17.8 Å². The van der Waals surface area contributed by atoms with Crippen LogP contribution in [0.3, 0.4) is 0 Å². The molecule has 1 amide bonds. The Balaban J connectivity index is 1.52. The molecule has 27 heavy (non-hydrogen) atoms. The summed E-state index contributed by atoms with van der Waals surface area (Å²) in [5, 5.41) is 10.8. The number of hydrogen-bond donors (Lipinski definition) is 2. The van der Waals surface area contributed by atoms with Crippen LogP contribution in [0.15, 0.2) is 42.5 Å². The Labute approximate surface area is 166 Å². The van der Waals surface area contributed by atoms with E-state index in [1.54, 1.807) is 13.2 Å². The van der Waals surface area contributed by atoms with E-state index in [4.69, 9.17) is 27.9 Å². The molecule has 8 heteroatoms. The second-order valence-corrected chi connectivity index (χ2v) is 6.61. The van der Waals surface area contributed by atoms with E-state index in [1.165, 1.54) is 0 Å². The average Bonchev–Trinajstić information content (AvgIpc) is 3.16. The average molecular weight is 405 g/mol. The number of methoxy groups -OCH3 is 1. The van der Waals surface area contributed by atoms with Crippen LogP contribution in [-0.4, -0.2) is 28.2 Å².